The molecular formula is C12H11Cl2N3. The summed E-state index contributed by atoms with van der Waals surface area (Å²) in [6.07, 6.45) is 3.09. The summed E-state index contributed by atoms with van der Waals surface area (Å²) in [5.41, 5.74) is 1.07. The number of rotatable bonds is 4. The second-order valence-electron chi connectivity index (χ2n) is 3.48. The second-order valence-corrected chi connectivity index (χ2v) is 4.45. The number of nitrogens with zero attached hydrogens (tertiary/aromatic N) is 2. The molecule has 0 aliphatic carbocycles. The van der Waals surface area contributed by atoms with E-state index in [1.54, 1.807) is 12.4 Å². The molecule has 0 aliphatic heterocycles. The minimum atomic E-state index is -0.115. The Hall–Kier alpha value is -1.32. The molecule has 17 heavy (non-hydrogen) atoms. The summed E-state index contributed by atoms with van der Waals surface area (Å²) >= 11 is 11.9. The molecule has 0 fully saturated rings. The van der Waals surface area contributed by atoms with Crippen molar-refractivity contribution >= 4 is 29.2 Å². The van der Waals surface area contributed by atoms with Gasteiger partial charge in [-0.15, -0.1) is 11.6 Å². The number of anilines is 1. The van der Waals surface area contributed by atoms with Gasteiger partial charge < -0.3 is 5.32 Å². The van der Waals surface area contributed by atoms with Gasteiger partial charge >= 0.3 is 0 Å². The first kappa shape index (κ1) is 12.1. The van der Waals surface area contributed by atoms with Gasteiger partial charge in [0.05, 0.1) is 22.8 Å². The number of hydrogen-bond donors (Lipinski definition) is 1. The van der Waals surface area contributed by atoms with Crippen molar-refractivity contribution in [3.63, 3.8) is 0 Å². The van der Waals surface area contributed by atoms with Gasteiger partial charge in [-0.1, -0.05) is 41.9 Å². The van der Waals surface area contributed by atoms with Crippen LogP contribution in [0.4, 0.5) is 5.95 Å². The van der Waals surface area contributed by atoms with Gasteiger partial charge in [-0.25, -0.2) is 9.97 Å². The van der Waals surface area contributed by atoms with Gasteiger partial charge in [0.2, 0.25) is 5.95 Å². The normalized spacial score (nSPS) is 12.1. The van der Waals surface area contributed by atoms with Gasteiger partial charge in [-0.2, -0.15) is 0 Å². The van der Waals surface area contributed by atoms with Crippen LogP contribution in [-0.2, 0) is 0 Å². The Labute approximate surface area is 110 Å². The summed E-state index contributed by atoms with van der Waals surface area (Å²) in [6.45, 7) is 0.563. The lowest BCUT2D eigenvalue weighted by Gasteiger charge is -2.10. The molecule has 0 spiro atoms. The van der Waals surface area contributed by atoms with Gasteiger partial charge in [0.25, 0.3) is 0 Å². The number of alkyl halides is 1. The molecule has 0 aliphatic rings. The average molecular weight is 268 g/mol. The van der Waals surface area contributed by atoms with Crippen LogP contribution in [0.25, 0.3) is 0 Å². The summed E-state index contributed by atoms with van der Waals surface area (Å²) in [4.78, 5) is 8.06. The van der Waals surface area contributed by atoms with Gasteiger partial charge in [0.15, 0.2) is 0 Å². The molecule has 1 aromatic carbocycles. The Kier molecular flexibility index (Phi) is 4.18. The standard InChI is InChI=1S/C12H11Cl2N3/c13-10-6-15-12(16-7-10)17-8-11(14)9-4-2-1-3-5-9/h1-7,11H,8H2,(H,15,16,17). The van der Waals surface area contributed by atoms with Gasteiger partial charge in [-0.05, 0) is 5.56 Å². The zero-order valence-electron chi connectivity index (χ0n) is 8.98. The molecule has 1 aromatic heterocycles. The molecule has 88 valence electrons. The topological polar surface area (TPSA) is 37.8 Å². The van der Waals surface area contributed by atoms with Crippen molar-refractivity contribution in [3.05, 3.63) is 53.3 Å². The number of halogens is 2. The van der Waals surface area contributed by atoms with E-state index in [9.17, 15) is 0 Å². The molecule has 0 amide bonds. The summed E-state index contributed by atoms with van der Waals surface area (Å²) in [5, 5.41) is 3.46. The van der Waals surface area contributed by atoms with Crippen molar-refractivity contribution in [1.82, 2.24) is 9.97 Å². The molecule has 5 heteroatoms. The van der Waals surface area contributed by atoms with E-state index in [0.29, 0.717) is 17.5 Å². The van der Waals surface area contributed by atoms with E-state index < -0.39 is 0 Å². The van der Waals surface area contributed by atoms with Crippen molar-refractivity contribution in [2.24, 2.45) is 0 Å². The lowest BCUT2D eigenvalue weighted by molar-refractivity contribution is 0.950. The van der Waals surface area contributed by atoms with Gasteiger partial charge in [0, 0.05) is 6.54 Å². The third-order valence-electron chi connectivity index (χ3n) is 2.22. The van der Waals surface area contributed by atoms with Crippen LogP contribution >= 0.6 is 23.2 Å². The molecule has 0 bridgehead atoms. The second kappa shape index (κ2) is 5.84. The van der Waals surface area contributed by atoms with Crippen molar-refractivity contribution in [3.8, 4) is 0 Å². The minimum Gasteiger partial charge on any atom is -0.352 e. The van der Waals surface area contributed by atoms with Crippen molar-refractivity contribution in [1.29, 1.82) is 0 Å². The van der Waals surface area contributed by atoms with Crippen molar-refractivity contribution in [2.45, 2.75) is 5.38 Å². The highest BCUT2D eigenvalue weighted by atomic mass is 35.5. The molecule has 1 heterocycles. The first-order valence-corrected chi connectivity index (χ1v) is 5.97. The van der Waals surface area contributed by atoms with Crippen LogP contribution in [0.3, 0.4) is 0 Å². The molecule has 2 rings (SSSR count). The van der Waals surface area contributed by atoms with Crippen LogP contribution in [0.1, 0.15) is 10.9 Å². The van der Waals surface area contributed by atoms with Crippen LogP contribution in [0, 0.1) is 0 Å². The Morgan fingerprint density at radius 3 is 2.41 bits per heavy atom. The van der Waals surface area contributed by atoms with Crippen LogP contribution in [0.2, 0.25) is 5.02 Å². The number of aromatic nitrogens is 2. The number of hydrogen-bond acceptors (Lipinski definition) is 3. The molecular weight excluding hydrogens is 257 g/mol. The molecule has 1 N–H and O–H groups in total. The first-order chi connectivity index (χ1) is 8.25. The van der Waals surface area contributed by atoms with E-state index in [-0.39, 0.29) is 5.38 Å². The molecule has 0 radical (unpaired) electrons. The third-order valence-corrected chi connectivity index (χ3v) is 2.82. The fourth-order valence-electron chi connectivity index (χ4n) is 1.36. The van der Waals surface area contributed by atoms with E-state index in [2.05, 4.69) is 15.3 Å². The lowest BCUT2D eigenvalue weighted by atomic mass is 10.1. The Balaban J connectivity index is 1.92. The molecule has 2 aromatic rings. The van der Waals surface area contributed by atoms with E-state index in [1.165, 1.54) is 0 Å². The maximum atomic E-state index is 6.24. The zero-order chi connectivity index (χ0) is 12.1. The molecule has 3 nitrogen and oxygen atoms in total. The van der Waals surface area contributed by atoms with Crippen LogP contribution < -0.4 is 5.32 Å². The van der Waals surface area contributed by atoms with E-state index in [1.807, 2.05) is 30.3 Å². The van der Waals surface area contributed by atoms with E-state index in [4.69, 9.17) is 23.2 Å². The Bertz CT molecular complexity index is 459. The van der Waals surface area contributed by atoms with Crippen molar-refractivity contribution in [2.75, 3.05) is 11.9 Å². The summed E-state index contributed by atoms with van der Waals surface area (Å²) in [7, 11) is 0. The fourth-order valence-corrected chi connectivity index (χ4v) is 1.68. The predicted molar refractivity (Wildman–Crippen MR) is 70.6 cm³/mol. The highest BCUT2D eigenvalue weighted by Gasteiger charge is 2.07. The Morgan fingerprint density at radius 1 is 1.12 bits per heavy atom. The molecule has 0 saturated heterocycles. The highest BCUT2D eigenvalue weighted by Crippen LogP contribution is 2.19. The average Bonchev–Trinajstić information content (AvgIpc) is 2.39. The SMILES string of the molecule is Clc1cnc(NCC(Cl)c2ccccc2)nc1. The minimum absolute atomic E-state index is 0.115. The smallest absolute Gasteiger partial charge is 0.222 e. The summed E-state index contributed by atoms with van der Waals surface area (Å²) in [6, 6.07) is 9.86. The number of benzene rings is 1. The largest absolute Gasteiger partial charge is 0.352 e. The summed E-state index contributed by atoms with van der Waals surface area (Å²) < 4.78 is 0. The fraction of sp³-hybridized carbons (Fsp3) is 0.167. The lowest BCUT2D eigenvalue weighted by Crippen LogP contribution is -2.10. The van der Waals surface area contributed by atoms with Gasteiger partial charge in [-0.3, -0.25) is 0 Å². The zero-order valence-corrected chi connectivity index (χ0v) is 10.5. The highest BCUT2D eigenvalue weighted by molar-refractivity contribution is 6.30. The monoisotopic (exact) mass is 267 g/mol. The predicted octanol–water partition coefficient (Wildman–Crippen LogP) is 3.52. The molecule has 1 unspecified atom stereocenters. The summed E-state index contributed by atoms with van der Waals surface area (Å²) in [5.74, 6) is 0.524. The molecule has 0 saturated carbocycles. The number of nitrogens with one attached hydrogen (secondary N) is 1. The maximum Gasteiger partial charge on any atom is 0.222 e. The molecule has 1 atom stereocenters. The van der Waals surface area contributed by atoms with Crippen LogP contribution in [0.15, 0.2) is 42.7 Å². The van der Waals surface area contributed by atoms with Crippen LogP contribution in [-0.4, -0.2) is 16.5 Å². The van der Waals surface area contributed by atoms with Crippen LogP contribution in [0.5, 0.6) is 0 Å². The van der Waals surface area contributed by atoms with Crippen molar-refractivity contribution < 1.29 is 0 Å². The maximum absolute atomic E-state index is 6.24. The quantitative estimate of drug-likeness (QED) is 0.862. The van der Waals surface area contributed by atoms with E-state index >= 15 is 0 Å². The third kappa shape index (κ3) is 3.58. The first-order valence-electron chi connectivity index (χ1n) is 5.16. The Morgan fingerprint density at radius 2 is 1.76 bits per heavy atom. The van der Waals surface area contributed by atoms with Gasteiger partial charge in [0.1, 0.15) is 0 Å². The van der Waals surface area contributed by atoms with E-state index in [0.717, 1.165) is 5.56 Å².